The quantitative estimate of drug-likeness (QED) is 0.130. The number of carbonyl (C=O) groups is 2. The van der Waals surface area contributed by atoms with Crippen molar-refractivity contribution in [2.24, 2.45) is 69.0 Å². The van der Waals surface area contributed by atoms with Gasteiger partial charge in [0, 0.05) is 68.1 Å². The molecule has 1 heterocycles. The Morgan fingerprint density at radius 1 is 0.633 bits per heavy atom. The lowest BCUT2D eigenvalue weighted by atomic mass is 9.44. The maximum Gasteiger partial charge on any atom is 0.168 e. The molecule has 8 unspecified atom stereocenters. The number of hydrogen-bond donors (Lipinski definition) is 3. The van der Waals surface area contributed by atoms with Crippen LogP contribution in [0.3, 0.4) is 0 Å². The van der Waals surface area contributed by atoms with E-state index in [-0.39, 0.29) is 28.1 Å². The first-order valence-electron chi connectivity index (χ1n) is 32.0. The molecular weight excluding hydrogens is 985 g/mol. The van der Waals surface area contributed by atoms with E-state index in [9.17, 15) is 25.2 Å². The van der Waals surface area contributed by atoms with Crippen molar-refractivity contribution in [2.75, 3.05) is 26.4 Å². The van der Waals surface area contributed by atoms with E-state index in [1.807, 2.05) is 36.4 Å². The highest BCUT2D eigenvalue weighted by Crippen LogP contribution is 2.69. The molecule has 11 rings (SSSR count). The van der Waals surface area contributed by atoms with E-state index >= 15 is 0 Å². The summed E-state index contributed by atoms with van der Waals surface area (Å²) in [6.45, 7) is 17.9. The standard InChI is InChI=1S/C35H50N2O4.C33H48N2O3/c1-4-27(5-2)37-23-24-6-7-25(22-36)31(20-24)39-17-16-34-13-12-29-28(30(34)10-11-32(34)38)9-8-26-21-35(40-18-19-41-35)15-14-33(26,29)3;1-4-25(5-2)35-21-22-6-7-23(20-34)30(18-22)38-17-16-33-15-13-28-27(29(33)10-11-31(33)37)9-8-24-19-26(36)12-14-32(24,28)3/h6-7,20,26-30,37H,4-5,8-19,21,23H2,1-3H3;6-7,18,24-25,27-29,31,35,37H,4-5,8-17,19,21H2,1-3H3/t26?,28?,29?,30?,33-,34+;24?,27?,28?,29?,31-,32-,33+/m00/s1. The van der Waals surface area contributed by atoms with Crippen molar-refractivity contribution in [1.82, 2.24) is 10.6 Å². The van der Waals surface area contributed by atoms with Gasteiger partial charge in [-0.3, -0.25) is 9.59 Å². The minimum absolute atomic E-state index is 0.0731. The summed E-state index contributed by atoms with van der Waals surface area (Å²) in [7, 11) is 0. The molecule has 9 aliphatic rings. The fourth-order valence-corrected chi connectivity index (χ4v) is 19.4. The number of fused-ring (bicyclic) bond motifs is 10. The number of ketones is 2. The Morgan fingerprint density at radius 3 is 1.81 bits per heavy atom. The van der Waals surface area contributed by atoms with Crippen LogP contribution in [0, 0.1) is 91.7 Å². The van der Waals surface area contributed by atoms with E-state index < -0.39 is 0 Å². The molecule has 0 bridgehead atoms. The van der Waals surface area contributed by atoms with Gasteiger partial charge in [0.25, 0.3) is 0 Å². The molecule has 11 nitrogen and oxygen atoms in total. The number of rotatable bonds is 18. The van der Waals surface area contributed by atoms with Crippen molar-refractivity contribution < 1.29 is 33.6 Å². The molecule has 2 aromatic rings. The normalized spacial score (nSPS) is 36.0. The summed E-state index contributed by atoms with van der Waals surface area (Å²) in [4.78, 5) is 25.8. The molecule has 3 N–H and O–H groups in total. The van der Waals surface area contributed by atoms with Gasteiger partial charge in [-0.25, -0.2) is 0 Å². The number of ether oxygens (including phenoxy) is 4. The summed E-state index contributed by atoms with van der Waals surface area (Å²) < 4.78 is 25.0. The zero-order valence-electron chi connectivity index (χ0n) is 49.3. The minimum atomic E-state index is -0.320. The zero-order chi connectivity index (χ0) is 55.6. The Hall–Kier alpha value is -3.84. The number of aliphatic hydroxyl groups is 1. The highest BCUT2D eigenvalue weighted by molar-refractivity contribution is 5.87. The molecule has 1 saturated heterocycles. The summed E-state index contributed by atoms with van der Waals surface area (Å²) in [5, 5.41) is 38.0. The van der Waals surface area contributed by atoms with Gasteiger partial charge >= 0.3 is 0 Å². The maximum absolute atomic E-state index is 13.6. The van der Waals surface area contributed by atoms with Crippen LogP contribution in [0.15, 0.2) is 36.4 Å². The molecule has 79 heavy (non-hydrogen) atoms. The first-order chi connectivity index (χ1) is 38.2. The summed E-state index contributed by atoms with van der Waals surface area (Å²) in [5.74, 6) is 6.83. The van der Waals surface area contributed by atoms with Gasteiger partial charge in [0.05, 0.1) is 43.7 Å². The molecule has 1 aliphatic heterocycles. The molecule has 8 aliphatic carbocycles. The highest BCUT2D eigenvalue weighted by atomic mass is 16.7. The number of carbonyl (C=O) groups excluding carboxylic acids is 2. The van der Waals surface area contributed by atoms with Gasteiger partial charge in [-0.15, -0.1) is 0 Å². The predicted octanol–water partition coefficient (Wildman–Crippen LogP) is 13.5. The number of nitrogens with one attached hydrogen (secondary N) is 2. The lowest BCUT2D eigenvalue weighted by Crippen LogP contribution is -2.56. The fourth-order valence-electron chi connectivity index (χ4n) is 19.4. The number of Topliss-reactive ketones (excluding diaryl/α,β-unsaturated/α-hetero) is 2. The van der Waals surface area contributed by atoms with Crippen molar-refractivity contribution in [3.63, 3.8) is 0 Å². The molecule has 11 heteroatoms. The smallest absolute Gasteiger partial charge is 0.168 e. The Labute approximate surface area is 474 Å². The number of benzene rings is 2. The molecule has 2 aromatic carbocycles. The topological polar surface area (TPSA) is 163 Å². The molecule has 0 aromatic heterocycles. The van der Waals surface area contributed by atoms with Crippen molar-refractivity contribution >= 4 is 11.6 Å². The minimum Gasteiger partial charge on any atom is -0.492 e. The van der Waals surface area contributed by atoms with E-state index in [1.165, 1.54) is 38.5 Å². The Bertz CT molecular complexity index is 2540. The van der Waals surface area contributed by atoms with E-state index in [0.717, 1.165) is 153 Å². The number of nitriles is 2. The summed E-state index contributed by atoms with van der Waals surface area (Å²) in [6, 6.07) is 17.4. The average Bonchev–Trinajstić information content (AvgIpc) is 4.34. The summed E-state index contributed by atoms with van der Waals surface area (Å²) in [5.41, 5.74) is 3.71. The van der Waals surface area contributed by atoms with Crippen molar-refractivity contribution in [3.8, 4) is 23.6 Å². The van der Waals surface area contributed by atoms with Crippen LogP contribution < -0.4 is 20.1 Å². The molecule has 0 amide bonds. The van der Waals surface area contributed by atoms with E-state index in [0.29, 0.717) is 112 Å². The third-order valence-corrected chi connectivity index (χ3v) is 24.2. The average molecular weight is 1080 g/mol. The Balaban J connectivity index is 0.000000179. The maximum atomic E-state index is 13.6. The monoisotopic (exact) mass is 1080 g/mol. The van der Waals surface area contributed by atoms with Crippen LogP contribution in [-0.2, 0) is 32.2 Å². The van der Waals surface area contributed by atoms with Gasteiger partial charge in [-0.05, 0) is 216 Å². The van der Waals surface area contributed by atoms with Crippen LogP contribution in [0.4, 0.5) is 0 Å². The van der Waals surface area contributed by atoms with Gasteiger partial charge in [0.1, 0.15) is 35.2 Å². The summed E-state index contributed by atoms with van der Waals surface area (Å²) in [6.07, 6.45) is 24.6. The number of hydrogen-bond acceptors (Lipinski definition) is 11. The largest absolute Gasteiger partial charge is 0.492 e. The van der Waals surface area contributed by atoms with Crippen molar-refractivity contribution in [3.05, 3.63) is 58.7 Å². The molecular formula is C68H98N4O7. The van der Waals surface area contributed by atoms with Crippen molar-refractivity contribution in [2.45, 2.75) is 233 Å². The van der Waals surface area contributed by atoms with E-state index in [1.54, 1.807) is 0 Å². The van der Waals surface area contributed by atoms with Gasteiger partial charge in [0.2, 0.25) is 0 Å². The molecule has 13 atom stereocenters. The Morgan fingerprint density at radius 2 is 1.20 bits per heavy atom. The lowest BCUT2D eigenvalue weighted by molar-refractivity contribution is -0.229. The van der Waals surface area contributed by atoms with Gasteiger partial charge in [-0.1, -0.05) is 53.7 Å². The molecule has 1 spiro atoms. The molecule has 8 saturated carbocycles. The lowest BCUT2D eigenvalue weighted by Gasteiger charge is -2.61. The van der Waals surface area contributed by atoms with E-state index in [2.05, 4.69) is 64.3 Å². The van der Waals surface area contributed by atoms with Gasteiger partial charge in [-0.2, -0.15) is 10.5 Å². The first kappa shape index (κ1) is 58.4. The highest BCUT2D eigenvalue weighted by Gasteiger charge is 2.64. The van der Waals surface area contributed by atoms with Crippen LogP contribution in [0.2, 0.25) is 0 Å². The van der Waals surface area contributed by atoms with Crippen LogP contribution in [0.25, 0.3) is 0 Å². The van der Waals surface area contributed by atoms with Gasteiger partial charge < -0.3 is 34.7 Å². The fraction of sp³-hybridized carbons (Fsp3) is 0.765. The predicted molar refractivity (Wildman–Crippen MR) is 308 cm³/mol. The zero-order valence-corrected chi connectivity index (χ0v) is 49.3. The SMILES string of the molecule is CCC(CC)NCc1ccc(C#N)c(OCC[C@]23CCC4C(CCC5CC(=O)CC[C@@]54C)C2CC[C@@H]3O)c1.CCC(CC)NCc1ccc(C#N)c(OCC[C@]23CCC4C(CCC5CC6(CC[C@@]54C)OCCO6)C2CCC3=O)c1. The van der Waals surface area contributed by atoms with Crippen LogP contribution in [-0.4, -0.2) is 67.1 Å². The third-order valence-electron chi connectivity index (χ3n) is 24.2. The van der Waals surface area contributed by atoms with E-state index in [4.69, 9.17) is 18.9 Å². The van der Waals surface area contributed by atoms with Crippen LogP contribution in [0.1, 0.15) is 218 Å². The second-order valence-electron chi connectivity index (χ2n) is 27.3. The first-order valence-corrected chi connectivity index (χ1v) is 32.0. The Kier molecular flexibility index (Phi) is 18.1. The second kappa shape index (κ2) is 24.5. The number of aliphatic hydroxyl groups excluding tert-OH is 1. The third kappa shape index (κ3) is 11.3. The summed E-state index contributed by atoms with van der Waals surface area (Å²) >= 11 is 0. The van der Waals surface area contributed by atoms with Crippen LogP contribution >= 0.6 is 0 Å². The van der Waals surface area contributed by atoms with Crippen molar-refractivity contribution in [1.29, 1.82) is 10.5 Å². The molecule has 9 fully saturated rings. The van der Waals surface area contributed by atoms with Gasteiger partial charge in [0.15, 0.2) is 5.79 Å². The second-order valence-corrected chi connectivity index (χ2v) is 27.3. The number of nitrogens with zero attached hydrogens (tertiary/aromatic N) is 2. The molecule has 0 radical (unpaired) electrons. The van der Waals surface area contributed by atoms with Crippen LogP contribution in [0.5, 0.6) is 11.5 Å². The molecule has 432 valence electrons.